The number of alkyl halides is 2. The predicted molar refractivity (Wildman–Crippen MR) is 51.7 cm³/mol. The first kappa shape index (κ1) is 11.0. The summed E-state index contributed by atoms with van der Waals surface area (Å²) in [7, 11) is 0. The number of aryl methyl sites for hydroxylation is 1. The van der Waals surface area contributed by atoms with Crippen molar-refractivity contribution in [2.45, 2.75) is 25.6 Å². The molecule has 16 heavy (non-hydrogen) atoms. The van der Waals surface area contributed by atoms with Crippen molar-refractivity contribution in [1.29, 1.82) is 0 Å². The van der Waals surface area contributed by atoms with Crippen LogP contribution in [-0.2, 0) is 0 Å². The number of hydrogen-bond donors (Lipinski definition) is 1. The lowest BCUT2D eigenvalue weighted by Gasteiger charge is -2.32. The highest BCUT2D eigenvalue weighted by Crippen LogP contribution is 2.35. The van der Waals surface area contributed by atoms with Gasteiger partial charge in [-0.25, -0.2) is 8.78 Å². The molecule has 0 amide bonds. The summed E-state index contributed by atoms with van der Waals surface area (Å²) < 4.78 is 29.8. The molecule has 2 rings (SSSR count). The van der Waals surface area contributed by atoms with Crippen LogP contribution in [0, 0.1) is 6.92 Å². The second kappa shape index (κ2) is 3.52. The highest BCUT2D eigenvalue weighted by atomic mass is 19.3. The summed E-state index contributed by atoms with van der Waals surface area (Å²) in [6.45, 7) is 1.78. The van der Waals surface area contributed by atoms with Crippen LogP contribution in [0.4, 0.5) is 8.78 Å². The normalized spacial score (nSPS) is 24.2. The Labute approximate surface area is 90.7 Å². The Morgan fingerprint density at radius 3 is 2.81 bits per heavy atom. The molecule has 3 nitrogen and oxygen atoms in total. The highest BCUT2D eigenvalue weighted by molar-refractivity contribution is 6.00. The molecule has 1 aromatic rings. The summed E-state index contributed by atoms with van der Waals surface area (Å²) in [4.78, 5) is 11.6. The number of carbonyl (C=O) groups excluding carboxylic acids is 1. The van der Waals surface area contributed by atoms with Gasteiger partial charge in [0, 0.05) is 0 Å². The number of ether oxygens (including phenoxy) is 1. The molecular weight excluding hydrogens is 218 g/mol. The topological polar surface area (TPSA) is 46.5 Å². The number of aliphatic hydroxyl groups is 1. The third kappa shape index (κ3) is 1.67. The van der Waals surface area contributed by atoms with Gasteiger partial charge in [0.05, 0.1) is 12.0 Å². The van der Waals surface area contributed by atoms with Crippen LogP contribution in [0.5, 0.6) is 5.75 Å². The molecule has 0 bridgehead atoms. The third-order valence-corrected chi connectivity index (χ3v) is 2.48. The standard InChI is InChI=1S/C11H10F2O3/c1-6-2-3-9-7(4-6)8(14)5-11(15,16-9)10(12)13/h2-4,10,15H,5H2,1H3/t11-/m0/s1. The molecule has 1 aliphatic heterocycles. The van der Waals surface area contributed by atoms with E-state index in [9.17, 15) is 18.7 Å². The average molecular weight is 228 g/mol. The third-order valence-electron chi connectivity index (χ3n) is 2.48. The predicted octanol–water partition coefficient (Wildman–Crippen LogP) is 1.91. The van der Waals surface area contributed by atoms with E-state index < -0.39 is 24.4 Å². The summed E-state index contributed by atoms with van der Waals surface area (Å²) in [5.41, 5.74) is 1.07. The molecule has 0 radical (unpaired) electrons. The number of hydrogen-bond acceptors (Lipinski definition) is 3. The molecule has 1 N–H and O–H groups in total. The Morgan fingerprint density at radius 2 is 2.19 bits per heavy atom. The average Bonchev–Trinajstić information content (AvgIpc) is 2.19. The molecule has 0 saturated heterocycles. The number of ketones is 1. The van der Waals surface area contributed by atoms with Crippen LogP contribution in [0.3, 0.4) is 0 Å². The van der Waals surface area contributed by atoms with E-state index in [1.807, 2.05) is 0 Å². The lowest BCUT2D eigenvalue weighted by atomic mass is 9.97. The van der Waals surface area contributed by atoms with Crippen molar-refractivity contribution >= 4 is 5.78 Å². The zero-order chi connectivity index (χ0) is 11.9. The van der Waals surface area contributed by atoms with Gasteiger partial charge in [0.15, 0.2) is 5.78 Å². The number of benzene rings is 1. The largest absolute Gasteiger partial charge is 0.455 e. The molecule has 5 heteroatoms. The Bertz CT molecular complexity index is 445. The minimum atomic E-state index is -3.12. The van der Waals surface area contributed by atoms with Gasteiger partial charge in [-0.05, 0) is 19.1 Å². The summed E-state index contributed by atoms with van der Waals surface area (Å²) in [6.07, 6.45) is -3.84. The Balaban J connectivity index is 2.45. The van der Waals surface area contributed by atoms with Gasteiger partial charge in [-0.1, -0.05) is 11.6 Å². The van der Waals surface area contributed by atoms with Crippen molar-refractivity contribution in [2.75, 3.05) is 0 Å². The van der Waals surface area contributed by atoms with Gasteiger partial charge in [-0.2, -0.15) is 0 Å². The van der Waals surface area contributed by atoms with Crippen molar-refractivity contribution in [2.24, 2.45) is 0 Å². The summed E-state index contributed by atoms with van der Waals surface area (Å²) in [5, 5.41) is 9.44. The van der Waals surface area contributed by atoms with Gasteiger partial charge in [0.2, 0.25) is 0 Å². The zero-order valence-corrected chi connectivity index (χ0v) is 8.54. The molecule has 1 atom stereocenters. The van der Waals surface area contributed by atoms with Crippen LogP contribution in [0.1, 0.15) is 22.3 Å². The second-order valence-electron chi connectivity index (χ2n) is 3.85. The van der Waals surface area contributed by atoms with Gasteiger partial charge in [0.1, 0.15) is 5.75 Å². The van der Waals surface area contributed by atoms with Crippen molar-refractivity contribution in [3.63, 3.8) is 0 Å². The van der Waals surface area contributed by atoms with Gasteiger partial charge < -0.3 is 9.84 Å². The van der Waals surface area contributed by atoms with Crippen LogP contribution in [0.2, 0.25) is 0 Å². The van der Waals surface area contributed by atoms with Gasteiger partial charge in [-0.3, -0.25) is 4.79 Å². The fourth-order valence-electron chi connectivity index (χ4n) is 1.62. The highest BCUT2D eigenvalue weighted by Gasteiger charge is 2.46. The quantitative estimate of drug-likeness (QED) is 0.798. The van der Waals surface area contributed by atoms with Crippen molar-refractivity contribution in [3.8, 4) is 5.75 Å². The first-order valence-electron chi connectivity index (χ1n) is 4.76. The second-order valence-corrected chi connectivity index (χ2v) is 3.85. The van der Waals surface area contributed by atoms with E-state index in [2.05, 4.69) is 0 Å². The van der Waals surface area contributed by atoms with E-state index in [1.54, 1.807) is 19.1 Å². The molecule has 1 aliphatic rings. The molecule has 0 aromatic heterocycles. The maximum absolute atomic E-state index is 12.5. The molecule has 0 spiro atoms. The summed E-state index contributed by atoms with van der Waals surface area (Å²) in [6, 6.07) is 4.60. The zero-order valence-electron chi connectivity index (χ0n) is 8.54. The van der Waals surface area contributed by atoms with Crippen molar-refractivity contribution in [1.82, 2.24) is 0 Å². The van der Waals surface area contributed by atoms with E-state index >= 15 is 0 Å². The lowest BCUT2D eigenvalue weighted by molar-refractivity contribution is -0.220. The molecule has 1 heterocycles. The summed E-state index contributed by atoms with van der Waals surface area (Å²) in [5.74, 6) is -3.23. The molecule has 0 fully saturated rings. The first-order chi connectivity index (χ1) is 7.42. The lowest BCUT2D eigenvalue weighted by Crippen LogP contribution is -2.48. The van der Waals surface area contributed by atoms with Gasteiger partial charge >= 0.3 is 6.43 Å². The number of carbonyl (C=O) groups is 1. The van der Waals surface area contributed by atoms with E-state index in [0.29, 0.717) is 0 Å². The van der Waals surface area contributed by atoms with Crippen molar-refractivity contribution in [3.05, 3.63) is 29.3 Å². The van der Waals surface area contributed by atoms with E-state index in [0.717, 1.165) is 5.56 Å². The fourth-order valence-corrected chi connectivity index (χ4v) is 1.62. The minimum absolute atomic E-state index is 0.00431. The van der Waals surface area contributed by atoms with Crippen molar-refractivity contribution < 1.29 is 23.4 Å². The Kier molecular flexibility index (Phi) is 2.42. The van der Waals surface area contributed by atoms with Crippen LogP contribution in [0.25, 0.3) is 0 Å². The molecule has 86 valence electrons. The minimum Gasteiger partial charge on any atom is -0.455 e. The van der Waals surface area contributed by atoms with E-state index in [1.165, 1.54) is 6.07 Å². The smallest absolute Gasteiger partial charge is 0.302 e. The first-order valence-corrected chi connectivity index (χ1v) is 4.76. The Hall–Kier alpha value is -1.49. The number of rotatable bonds is 1. The van der Waals surface area contributed by atoms with E-state index in [4.69, 9.17) is 4.74 Å². The van der Waals surface area contributed by atoms with Crippen LogP contribution in [0.15, 0.2) is 18.2 Å². The molecule has 0 unspecified atom stereocenters. The number of halogens is 2. The number of Topliss-reactive ketones (excluding diaryl/α,β-unsaturated/α-hetero) is 1. The molecular formula is C11H10F2O3. The molecule has 1 aromatic carbocycles. The Morgan fingerprint density at radius 1 is 1.50 bits per heavy atom. The van der Waals surface area contributed by atoms with Crippen LogP contribution >= 0.6 is 0 Å². The maximum Gasteiger partial charge on any atom is 0.302 e. The SMILES string of the molecule is Cc1ccc2c(c1)C(=O)C[C@@](O)(C(F)F)O2. The van der Waals surface area contributed by atoms with E-state index in [-0.39, 0.29) is 11.3 Å². The van der Waals surface area contributed by atoms with Gasteiger partial charge in [-0.15, -0.1) is 0 Å². The van der Waals surface area contributed by atoms with Crippen LogP contribution in [-0.4, -0.2) is 23.1 Å². The molecule has 0 aliphatic carbocycles. The van der Waals surface area contributed by atoms with Crippen LogP contribution < -0.4 is 4.74 Å². The maximum atomic E-state index is 12.5. The monoisotopic (exact) mass is 228 g/mol. The van der Waals surface area contributed by atoms with Gasteiger partial charge in [0.25, 0.3) is 5.79 Å². The fraction of sp³-hybridized carbons (Fsp3) is 0.364. The molecule has 0 saturated carbocycles. The number of fused-ring (bicyclic) bond motifs is 1. The summed E-state index contributed by atoms with van der Waals surface area (Å²) >= 11 is 0.